The largest absolute Gasteiger partial charge is 0.477 e. The van der Waals surface area contributed by atoms with Gasteiger partial charge in [0.05, 0.1) is 16.9 Å². The standard InChI is InChI=1S/C13H10F3N3O2/c14-13(15,16)7-3-1-2-4-9(7)18-11-8(17)5-6-10(19-11)12(20)21/h1-6H,17H2,(H,18,19)(H,20,21). The van der Waals surface area contributed by atoms with E-state index >= 15 is 0 Å². The van der Waals surface area contributed by atoms with E-state index in [1.807, 2.05) is 0 Å². The van der Waals surface area contributed by atoms with Crippen LogP contribution in [-0.2, 0) is 6.18 Å². The molecular weight excluding hydrogens is 287 g/mol. The minimum Gasteiger partial charge on any atom is -0.477 e. The van der Waals surface area contributed by atoms with Crippen molar-refractivity contribution in [3.63, 3.8) is 0 Å². The first-order chi connectivity index (χ1) is 9.79. The highest BCUT2D eigenvalue weighted by Crippen LogP contribution is 2.36. The van der Waals surface area contributed by atoms with Crippen molar-refractivity contribution in [2.75, 3.05) is 11.1 Å². The van der Waals surface area contributed by atoms with Gasteiger partial charge in [0.2, 0.25) is 0 Å². The second-order valence-corrected chi connectivity index (χ2v) is 4.11. The van der Waals surface area contributed by atoms with Crippen molar-refractivity contribution in [2.24, 2.45) is 0 Å². The van der Waals surface area contributed by atoms with Crippen LogP contribution in [0.15, 0.2) is 36.4 Å². The van der Waals surface area contributed by atoms with Gasteiger partial charge in [-0.1, -0.05) is 12.1 Å². The highest BCUT2D eigenvalue weighted by Gasteiger charge is 2.33. The Balaban J connectivity index is 2.44. The molecule has 0 saturated carbocycles. The zero-order valence-electron chi connectivity index (χ0n) is 10.5. The molecule has 0 aliphatic rings. The fourth-order valence-electron chi connectivity index (χ4n) is 1.66. The summed E-state index contributed by atoms with van der Waals surface area (Å²) in [7, 11) is 0. The number of carboxylic acid groups (broad SMARTS) is 1. The number of alkyl halides is 3. The molecule has 0 fully saturated rings. The lowest BCUT2D eigenvalue weighted by atomic mass is 10.1. The third-order valence-corrected chi connectivity index (χ3v) is 2.63. The predicted molar refractivity (Wildman–Crippen MR) is 70.3 cm³/mol. The molecule has 1 heterocycles. The monoisotopic (exact) mass is 297 g/mol. The Morgan fingerprint density at radius 2 is 1.86 bits per heavy atom. The van der Waals surface area contributed by atoms with Crippen LogP contribution < -0.4 is 11.1 Å². The Morgan fingerprint density at radius 1 is 1.19 bits per heavy atom. The number of nitrogens with one attached hydrogen (secondary N) is 1. The Hall–Kier alpha value is -2.77. The van der Waals surface area contributed by atoms with Gasteiger partial charge >= 0.3 is 12.1 Å². The van der Waals surface area contributed by atoms with Crippen LogP contribution in [0.3, 0.4) is 0 Å². The number of hydrogen-bond donors (Lipinski definition) is 3. The summed E-state index contributed by atoms with van der Waals surface area (Å²) in [6.07, 6.45) is -4.55. The van der Waals surface area contributed by atoms with Crippen molar-refractivity contribution >= 4 is 23.2 Å². The number of pyridine rings is 1. The third kappa shape index (κ3) is 3.22. The maximum Gasteiger partial charge on any atom is 0.418 e. The van der Waals surface area contributed by atoms with Gasteiger partial charge in [-0.2, -0.15) is 13.2 Å². The number of carboxylic acids is 1. The van der Waals surface area contributed by atoms with Crippen LogP contribution in [0.1, 0.15) is 16.1 Å². The molecule has 21 heavy (non-hydrogen) atoms. The molecule has 0 aliphatic carbocycles. The lowest BCUT2D eigenvalue weighted by molar-refractivity contribution is -0.136. The summed E-state index contributed by atoms with van der Waals surface area (Å²) in [5, 5.41) is 11.3. The van der Waals surface area contributed by atoms with Crippen molar-refractivity contribution in [1.82, 2.24) is 4.98 Å². The number of aromatic carboxylic acids is 1. The zero-order chi connectivity index (χ0) is 15.6. The van der Waals surface area contributed by atoms with Crippen LogP contribution in [0.25, 0.3) is 0 Å². The summed E-state index contributed by atoms with van der Waals surface area (Å²) in [4.78, 5) is 14.5. The van der Waals surface area contributed by atoms with E-state index in [2.05, 4.69) is 10.3 Å². The molecule has 0 spiro atoms. The number of nitrogens with two attached hydrogens (primary N) is 1. The van der Waals surface area contributed by atoms with Crippen molar-refractivity contribution in [3.8, 4) is 0 Å². The van der Waals surface area contributed by atoms with Crippen LogP contribution in [0.4, 0.5) is 30.4 Å². The molecule has 110 valence electrons. The van der Waals surface area contributed by atoms with Gasteiger partial charge in [0, 0.05) is 0 Å². The molecule has 5 nitrogen and oxygen atoms in total. The Bertz CT molecular complexity index is 687. The molecule has 0 aliphatic heterocycles. The van der Waals surface area contributed by atoms with Gasteiger partial charge in [-0.25, -0.2) is 9.78 Å². The summed E-state index contributed by atoms with van der Waals surface area (Å²) < 4.78 is 38.6. The SMILES string of the molecule is Nc1ccc(C(=O)O)nc1Nc1ccccc1C(F)(F)F. The molecule has 1 aromatic carbocycles. The Labute approximate surface area is 117 Å². The number of aromatic nitrogens is 1. The molecule has 2 aromatic rings. The summed E-state index contributed by atoms with van der Waals surface area (Å²) in [5.74, 6) is -1.45. The number of carbonyl (C=O) groups is 1. The number of nitrogens with zero attached hydrogens (tertiary/aromatic N) is 1. The van der Waals surface area contributed by atoms with E-state index in [1.54, 1.807) is 0 Å². The summed E-state index contributed by atoms with van der Waals surface area (Å²) >= 11 is 0. The number of hydrogen-bond acceptors (Lipinski definition) is 4. The van der Waals surface area contributed by atoms with Gasteiger partial charge < -0.3 is 16.2 Å². The van der Waals surface area contributed by atoms with Gasteiger partial charge in [-0.05, 0) is 24.3 Å². The topological polar surface area (TPSA) is 88.2 Å². The molecule has 0 unspecified atom stereocenters. The van der Waals surface area contributed by atoms with Gasteiger partial charge in [0.1, 0.15) is 0 Å². The molecule has 0 atom stereocenters. The van der Waals surface area contributed by atoms with Crippen LogP contribution in [0.2, 0.25) is 0 Å². The van der Waals surface area contributed by atoms with Crippen molar-refractivity contribution in [3.05, 3.63) is 47.7 Å². The predicted octanol–water partition coefficient (Wildman–Crippen LogP) is 3.12. The first kappa shape index (κ1) is 14.6. The quantitative estimate of drug-likeness (QED) is 0.810. The van der Waals surface area contributed by atoms with E-state index in [9.17, 15) is 18.0 Å². The third-order valence-electron chi connectivity index (χ3n) is 2.63. The molecule has 4 N–H and O–H groups in total. The van der Waals surface area contributed by atoms with E-state index in [0.29, 0.717) is 0 Å². The molecule has 2 rings (SSSR count). The molecule has 0 bridgehead atoms. The molecule has 8 heteroatoms. The second-order valence-electron chi connectivity index (χ2n) is 4.11. The van der Waals surface area contributed by atoms with E-state index in [1.165, 1.54) is 30.3 Å². The number of para-hydroxylation sites is 1. The van der Waals surface area contributed by atoms with E-state index in [-0.39, 0.29) is 22.9 Å². The lowest BCUT2D eigenvalue weighted by Crippen LogP contribution is -2.11. The first-order valence-corrected chi connectivity index (χ1v) is 5.72. The number of anilines is 3. The first-order valence-electron chi connectivity index (χ1n) is 5.72. The van der Waals surface area contributed by atoms with Crippen LogP contribution in [0.5, 0.6) is 0 Å². The van der Waals surface area contributed by atoms with Gasteiger partial charge in [0.25, 0.3) is 0 Å². The average molecular weight is 297 g/mol. The van der Waals surface area contributed by atoms with Gasteiger partial charge in [-0.3, -0.25) is 0 Å². The zero-order valence-corrected chi connectivity index (χ0v) is 10.5. The molecule has 0 amide bonds. The summed E-state index contributed by atoms with van der Waals surface area (Å²) in [6.45, 7) is 0. The second kappa shape index (κ2) is 5.31. The lowest BCUT2D eigenvalue weighted by Gasteiger charge is -2.15. The van der Waals surface area contributed by atoms with Gasteiger partial charge in [-0.15, -0.1) is 0 Å². The maximum atomic E-state index is 12.9. The molecule has 0 radical (unpaired) electrons. The van der Waals surface area contributed by atoms with Crippen molar-refractivity contribution in [1.29, 1.82) is 0 Å². The summed E-state index contributed by atoms with van der Waals surface area (Å²) in [6, 6.07) is 7.19. The average Bonchev–Trinajstić information content (AvgIpc) is 2.40. The highest BCUT2D eigenvalue weighted by atomic mass is 19.4. The number of rotatable bonds is 3. The molecule has 1 aromatic heterocycles. The molecular formula is C13H10F3N3O2. The minimum atomic E-state index is -4.55. The van der Waals surface area contributed by atoms with Crippen molar-refractivity contribution < 1.29 is 23.1 Å². The smallest absolute Gasteiger partial charge is 0.418 e. The fourth-order valence-corrected chi connectivity index (χ4v) is 1.66. The number of halogens is 3. The van der Waals surface area contributed by atoms with Crippen LogP contribution in [-0.4, -0.2) is 16.1 Å². The Morgan fingerprint density at radius 3 is 2.48 bits per heavy atom. The molecule has 0 saturated heterocycles. The normalized spacial score (nSPS) is 11.2. The summed E-state index contributed by atoms with van der Waals surface area (Å²) in [5.41, 5.74) is 4.16. The van der Waals surface area contributed by atoms with E-state index < -0.39 is 17.7 Å². The number of benzene rings is 1. The van der Waals surface area contributed by atoms with Crippen LogP contribution in [0, 0.1) is 0 Å². The fraction of sp³-hybridized carbons (Fsp3) is 0.0769. The van der Waals surface area contributed by atoms with E-state index in [0.717, 1.165) is 6.07 Å². The Kier molecular flexibility index (Phi) is 3.70. The highest BCUT2D eigenvalue weighted by molar-refractivity contribution is 5.87. The van der Waals surface area contributed by atoms with E-state index in [4.69, 9.17) is 10.8 Å². The van der Waals surface area contributed by atoms with Crippen LogP contribution >= 0.6 is 0 Å². The minimum absolute atomic E-state index is 0.0389. The maximum absolute atomic E-state index is 12.9. The van der Waals surface area contributed by atoms with Gasteiger partial charge in [0.15, 0.2) is 11.5 Å². The van der Waals surface area contributed by atoms with Crippen molar-refractivity contribution in [2.45, 2.75) is 6.18 Å². The number of nitrogen functional groups attached to an aromatic ring is 1.